The van der Waals surface area contributed by atoms with Crippen molar-refractivity contribution >= 4 is 11.6 Å². The lowest BCUT2D eigenvalue weighted by Gasteiger charge is -2.32. The number of rotatable bonds is 4. The van der Waals surface area contributed by atoms with Gasteiger partial charge in [0.2, 0.25) is 0 Å². The molecule has 138 valence electrons. The Kier molecular flexibility index (Phi) is 5.13. The summed E-state index contributed by atoms with van der Waals surface area (Å²) in [5, 5.41) is 13.8. The van der Waals surface area contributed by atoms with Crippen molar-refractivity contribution in [1.29, 1.82) is 0 Å². The third-order valence-electron chi connectivity index (χ3n) is 4.09. The summed E-state index contributed by atoms with van der Waals surface area (Å²) in [5.41, 5.74) is -0.658. The summed E-state index contributed by atoms with van der Waals surface area (Å²) in [5.74, 6) is -0.615. The van der Waals surface area contributed by atoms with Gasteiger partial charge in [0.25, 0.3) is 11.6 Å². The molecule has 1 aliphatic rings. The van der Waals surface area contributed by atoms with Crippen LogP contribution in [0.1, 0.15) is 36.5 Å². The molecular formula is C17H21F3N2O3. The van der Waals surface area contributed by atoms with E-state index in [0.29, 0.717) is 5.75 Å². The van der Waals surface area contributed by atoms with Crippen LogP contribution in [0.5, 0.6) is 5.75 Å². The molecule has 0 saturated carbocycles. The summed E-state index contributed by atoms with van der Waals surface area (Å²) in [6.45, 7) is 6.44. The van der Waals surface area contributed by atoms with Crippen LogP contribution in [0.25, 0.3) is 0 Å². The number of amides is 1. The molecule has 0 aromatic heterocycles. The molecule has 5 nitrogen and oxygen atoms in total. The Bertz CT molecular complexity index is 693. The van der Waals surface area contributed by atoms with Crippen LogP contribution in [0.4, 0.5) is 13.2 Å². The first-order chi connectivity index (χ1) is 11.5. The van der Waals surface area contributed by atoms with Gasteiger partial charge in [-0.25, -0.2) is 0 Å². The lowest BCUT2D eigenvalue weighted by Crippen LogP contribution is -2.57. The minimum atomic E-state index is -5.02. The highest BCUT2D eigenvalue weighted by Gasteiger charge is 2.62. The van der Waals surface area contributed by atoms with E-state index in [-0.39, 0.29) is 17.1 Å². The summed E-state index contributed by atoms with van der Waals surface area (Å²) in [4.78, 5) is 12.3. The molecule has 1 aliphatic heterocycles. The predicted octanol–water partition coefficient (Wildman–Crippen LogP) is 3.24. The Balaban J connectivity index is 2.21. The van der Waals surface area contributed by atoms with Crippen molar-refractivity contribution in [2.45, 2.75) is 52.4 Å². The van der Waals surface area contributed by atoms with Crippen LogP contribution in [0, 0.1) is 20.8 Å². The van der Waals surface area contributed by atoms with Gasteiger partial charge in [-0.3, -0.25) is 4.79 Å². The number of carbonyl (C=O) groups excluding carboxylic acids is 1. The quantitative estimate of drug-likeness (QED) is 0.899. The average Bonchev–Trinajstić information content (AvgIpc) is 2.84. The maximum Gasteiger partial charge on any atom is 0.438 e. The fourth-order valence-electron chi connectivity index (χ4n) is 2.89. The molecule has 1 aromatic rings. The number of alkyl halides is 3. The third kappa shape index (κ3) is 3.63. The standard InChI is InChI=1S/C17H21F3N2O3/c1-5-13-8-16(24,17(18,19)20)22(21-13)14(23)9-25-15-11(3)6-10(2)7-12(15)4/h6-7,24H,5,8-9H2,1-4H3. The van der Waals surface area contributed by atoms with Gasteiger partial charge in [0.05, 0.1) is 0 Å². The van der Waals surface area contributed by atoms with Crippen LogP contribution in [-0.2, 0) is 4.79 Å². The normalized spacial score (nSPS) is 20.6. The topological polar surface area (TPSA) is 62.1 Å². The first kappa shape index (κ1) is 19.2. The van der Waals surface area contributed by atoms with E-state index >= 15 is 0 Å². The zero-order valence-electron chi connectivity index (χ0n) is 14.6. The van der Waals surface area contributed by atoms with Gasteiger partial charge < -0.3 is 9.84 Å². The van der Waals surface area contributed by atoms with Crippen molar-refractivity contribution < 1.29 is 27.8 Å². The Hall–Kier alpha value is -2.09. The Morgan fingerprint density at radius 1 is 1.32 bits per heavy atom. The molecule has 0 aliphatic carbocycles. The number of halogens is 3. The summed E-state index contributed by atoms with van der Waals surface area (Å²) in [6.07, 6.45) is -5.56. The molecular weight excluding hydrogens is 337 g/mol. The summed E-state index contributed by atoms with van der Waals surface area (Å²) >= 11 is 0. The Labute approximate surface area is 144 Å². The third-order valence-corrected chi connectivity index (χ3v) is 4.09. The van der Waals surface area contributed by atoms with E-state index in [1.54, 1.807) is 20.8 Å². The summed E-state index contributed by atoms with van der Waals surface area (Å²) < 4.78 is 45.2. The van der Waals surface area contributed by atoms with Gasteiger partial charge in [-0.1, -0.05) is 24.6 Å². The summed E-state index contributed by atoms with van der Waals surface area (Å²) in [7, 11) is 0. The summed E-state index contributed by atoms with van der Waals surface area (Å²) in [6, 6.07) is 3.70. The second kappa shape index (κ2) is 6.67. The molecule has 8 heteroatoms. The molecule has 0 spiro atoms. The smallest absolute Gasteiger partial charge is 0.438 e. The molecule has 0 radical (unpaired) electrons. The zero-order valence-corrected chi connectivity index (χ0v) is 14.6. The van der Waals surface area contributed by atoms with E-state index in [4.69, 9.17) is 4.74 Å². The molecule has 1 amide bonds. The van der Waals surface area contributed by atoms with Gasteiger partial charge in [-0.15, -0.1) is 0 Å². The zero-order chi connectivity index (χ0) is 19.0. The highest BCUT2D eigenvalue weighted by atomic mass is 19.4. The fraction of sp³-hybridized carbons (Fsp3) is 0.529. The van der Waals surface area contributed by atoms with Crippen molar-refractivity contribution in [3.63, 3.8) is 0 Å². The van der Waals surface area contributed by atoms with Crippen LogP contribution in [0.3, 0.4) is 0 Å². The molecule has 25 heavy (non-hydrogen) atoms. The van der Waals surface area contributed by atoms with Crippen molar-refractivity contribution in [3.8, 4) is 5.75 Å². The van der Waals surface area contributed by atoms with Gasteiger partial charge in [0.15, 0.2) is 6.61 Å². The van der Waals surface area contributed by atoms with Gasteiger partial charge >= 0.3 is 6.18 Å². The van der Waals surface area contributed by atoms with Crippen LogP contribution in [0.15, 0.2) is 17.2 Å². The molecule has 2 rings (SSSR count). The van der Waals surface area contributed by atoms with Gasteiger partial charge in [0, 0.05) is 12.1 Å². The predicted molar refractivity (Wildman–Crippen MR) is 86.3 cm³/mol. The van der Waals surface area contributed by atoms with E-state index in [2.05, 4.69) is 5.10 Å². The highest BCUT2D eigenvalue weighted by molar-refractivity contribution is 5.91. The largest absolute Gasteiger partial charge is 0.483 e. The molecule has 1 unspecified atom stereocenters. The lowest BCUT2D eigenvalue weighted by molar-refractivity contribution is -0.302. The molecule has 1 atom stereocenters. The van der Waals surface area contributed by atoms with E-state index in [1.807, 2.05) is 19.1 Å². The van der Waals surface area contributed by atoms with E-state index in [0.717, 1.165) is 16.7 Å². The number of benzene rings is 1. The van der Waals surface area contributed by atoms with E-state index in [1.165, 1.54) is 0 Å². The number of hydrogen-bond donors (Lipinski definition) is 1. The van der Waals surface area contributed by atoms with E-state index in [9.17, 15) is 23.1 Å². The Morgan fingerprint density at radius 3 is 2.36 bits per heavy atom. The SMILES string of the molecule is CCC1=NN(C(=O)COc2c(C)cc(C)cc2C)C(O)(C(F)(F)F)C1. The van der Waals surface area contributed by atoms with E-state index < -0.39 is 30.8 Å². The average molecular weight is 358 g/mol. The fourth-order valence-corrected chi connectivity index (χ4v) is 2.89. The molecule has 1 heterocycles. The first-order valence-corrected chi connectivity index (χ1v) is 7.88. The van der Waals surface area contributed by atoms with Crippen molar-refractivity contribution in [2.24, 2.45) is 5.10 Å². The molecule has 1 N–H and O–H groups in total. The monoisotopic (exact) mass is 358 g/mol. The maximum absolute atomic E-state index is 13.2. The lowest BCUT2D eigenvalue weighted by atomic mass is 10.1. The van der Waals surface area contributed by atoms with Crippen LogP contribution >= 0.6 is 0 Å². The number of hydrazone groups is 1. The second-order valence-corrected chi connectivity index (χ2v) is 6.23. The van der Waals surface area contributed by atoms with Crippen molar-refractivity contribution in [3.05, 3.63) is 28.8 Å². The maximum atomic E-state index is 13.2. The van der Waals surface area contributed by atoms with Crippen molar-refractivity contribution in [2.75, 3.05) is 6.61 Å². The highest BCUT2D eigenvalue weighted by Crippen LogP contribution is 2.40. The number of carbonyl (C=O) groups is 1. The van der Waals surface area contributed by atoms with Crippen LogP contribution in [0.2, 0.25) is 0 Å². The number of aliphatic hydroxyl groups is 1. The van der Waals surface area contributed by atoms with Crippen molar-refractivity contribution in [1.82, 2.24) is 5.01 Å². The first-order valence-electron chi connectivity index (χ1n) is 7.88. The molecule has 0 bridgehead atoms. The van der Waals surface area contributed by atoms with Gasteiger partial charge in [-0.05, 0) is 38.3 Å². The van der Waals surface area contributed by atoms with Crippen LogP contribution < -0.4 is 4.74 Å². The number of aryl methyl sites for hydroxylation is 3. The molecule has 1 aromatic carbocycles. The minimum Gasteiger partial charge on any atom is -0.483 e. The molecule has 0 saturated heterocycles. The minimum absolute atomic E-state index is 0.102. The number of hydrogen-bond acceptors (Lipinski definition) is 4. The second-order valence-electron chi connectivity index (χ2n) is 6.23. The number of nitrogens with zero attached hydrogens (tertiary/aromatic N) is 2. The molecule has 0 fully saturated rings. The van der Waals surface area contributed by atoms with Gasteiger partial charge in [0.1, 0.15) is 5.75 Å². The Morgan fingerprint density at radius 2 is 1.88 bits per heavy atom. The van der Waals surface area contributed by atoms with Gasteiger partial charge in [-0.2, -0.15) is 23.3 Å². The number of ether oxygens (including phenoxy) is 1. The van der Waals surface area contributed by atoms with Crippen LogP contribution in [-0.4, -0.2) is 40.2 Å².